The van der Waals surface area contributed by atoms with Crippen molar-refractivity contribution in [2.24, 2.45) is 16.7 Å². The molecule has 2 fully saturated rings. The van der Waals surface area contributed by atoms with E-state index in [1.807, 2.05) is 12.1 Å². The quantitative estimate of drug-likeness (QED) is 0.806. The topological polar surface area (TPSA) is 12.0 Å². The second-order valence-corrected chi connectivity index (χ2v) is 8.04. The number of hydrogen-bond acceptors (Lipinski definition) is 1. The first-order valence-electron chi connectivity index (χ1n) is 7.86. The summed E-state index contributed by atoms with van der Waals surface area (Å²) in [6.07, 6.45) is 4.10. The summed E-state index contributed by atoms with van der Waals surface area (Å²) in [4.78, 5) is 0. The van der Waals surface area contributed by atoms with Gasteiger partial charge in [-0.2, -0.15) is 0 Å². The van der Waals surface area contributed by atoms with Crippen LogP contribution in [-0.2, 0) is 0 Å². The monoisotopic (exact) mass is 291 g/mol. The molecule has 3 rings (SSSR count). The van der Waals surface area contributed by atoms with Crippen LogP contribution in [0.1, 0.15) is 58.6 Å². The van der Waals surface area contributed by atoms with Crippen molar-refractivity contribution in [3.05, 3.63) is 34.9 Å². The van der Waals surface area contributed by atoms with E-state index in [1.165, 1.54) is 24.8 Å². The summed E-state index contributed by atoms with van der Waals surface area (Å²) in [6.45, 7) is 9.68. The van der Waals surface area contributed by atoms with E-state index in [2.05, 4.69) is 45.1 Å². The molecule has 2 aliphatic carbocycles. The van der Waals surface area contributed by atoms with E-state index in [1.54, 1.807) is 0 Å². The highest BCUT2D eigenvalue weighted by Gasteiger charge is 2.61. The molecular formula is C18H26ClN. The van der Waals surface area contributed by atoms with Crippen LogP contribution in [0.3, 0.4) is 0 Å². The molecule has 1 aromatic rings. The molecule has 110 valence electrons. The Labute approximate surface area is 128 Å². The van der Waals surface area contributed by atoms with E-state index in [-0.39, 0.29) is 0 Å². The number of halogens is 1. The highest BCUT2D eigenvalue weighted by molar-refractivity contribution is 6.30. The lowest BCUT2D eigenvalue weighted by Crippen LogP contribution is -2.45. The molecule has 0 saturated heterocycles. The Kier molecular flexibility index (Phi) is 3.42. The van der Waals surface area contributed by atoms with Crippen molar-refractivity contribution in [1.29, 1.82) is 0 Å². The zero-order valence-corrected chi connectivity index (χ0v) is 13.8. The van der Waals surface area contributed by atoms with E-state index in [4.69, 9.17) is 11.6 Å². The van der Waals surface area contributed by atoms with Crippen molar-refractivity contribution in [2.75, 3.05) is 0 Å². The number of benzene rings is 1. The molecule has 0 radical (unpaired) electrons. The molecule has 0 aliphatic heterocycles. The maximum atomic E-state index is 6.11. The van der Waals surface area contributed by atoms with E-state index < -0.39 is 0 Å². The van der Waals surface area contributed by atoms with Crippen LogP contribution >= 0.6 is 11.6 Å². The lowest BCUT2D eigenvalue weighted by Gasteiger charge is -2.40. The van der Waals surface area contributed by atoms with Crippen molar-refractivity contribution in [3.63, 3.8) is 0 Å². The molecule has 2 bridgehead atoms. The lowest BCUT2D eigenvalue weighted by atomic mass is 9.69. The van der Waals surface area contributed by atoms with Gasteiger partial charge in [-0.25, -0.2) is 0 Å². The minimum atomic E-state index is 0.366. The predicted octanol–water partition coefficient (Wildman–Crippen LogP) is 5.21. The zero-order valence-electron chi connectivity index (χ0n) is 13.0. The van der Waals surface area contributed by atoms with Gasteiger partial charge in [0.15, 0.2) is 0 Å². The normalized spacial score (nSPS) is 36.2. The molecule has 2 aliphatic rings. The van der Waals surface area contributed by atoms with Gasteiger partial charge in [0.1, 0.15) is 0 Å². The summed E-state index contributed by atoms with van der Waals surface area (Å²) < 4.78 is 0. The van der Waals surface area contributed by atoms with Crippen molar-refractivity contribution in [3.8, 4) is 0 Å². The number of fused-ring (bicyclic) bond motifs is 2. The van der Waals surface area contributed by atoms with E-state index in [0.717, 1.165) is 10.9 Å². The van der Waals surface area contributed by atoms with Gasteiger partial charge in [-0.1, -0.05) is 44.5 Å². The van der Waals surface area contributed by atoms with Crippen molar-refractivity contribution >= 4 is 11.6 Å². The Bertz CT molecular complexity index is 510. The van der Waals surface area contributed by atoms with Gasteiger partial charge in [0.05, 0.1) is 0 Å². The first-order chi connectivity index (χ1) is 9.34. The minimum absolute atomic E-state index is 0.366. The van der Waals surface area contributed by atoms with Crippen LogP contribution in [0.15, 0.2) is 24.3 Å². The summed E-state index contributed by atoms with van der Waals surface area (Å²) >= 11 is 6.11. The molecule has 2 heteroatoms. The average Bonchev–Trinajstić information content (AvgIpc) is 2.72. The Morgan fingerprint density at radius 1 is 1.30 bits per heavy atom. The molecule has 0 aromatic heterocycles. The Morgan fingerprint density at radius 2 is 2.05 bits per heavy atom. The van der Waals surface area contributed by atoms with Crippen LogP contribution in [-0.4, -0.2) is 6.04 Å². The molecule has 1 nitrogen and oxygen atoms in total. The third kappa shape index (κ3) is 2.02. The first-order valence-corrected chi connectivity index (χ1v) is 8.24. The SMILES string of the molecule is C[C@H](NC1CC2CCC1(C)C2(C)C)c1cccc(Cl)c1. The molecule has 3 unspecified atom stereocenters. The third-order valence-electron chi connectivity index (χ3n) is 6.59. The molecule has 1 aromatic carbocycles. The van der Waals surface area contributed by atoms with Gasteiger partial charge in [-0.3, -0.25) is 0 Å². The zero-order chi connectivity index (χ0) is 14.5. The Hall–Kier alpha value is -0.530. The molecule has 20 heavy (non-hydrogen) atoms. The number of rotatable bonds is 3. The molecule has 1 N–H and O–H groups in total. The lowest BCUT2D eigenvalue weighted by molar-refractivity contribution is 0.116. The maximum Gasteiger partial charge on any atom is 0.0409 e. The molecule has 2 saturated carbocycles. The molecule has 0 spiro atoms. The standard InChI is InChI=1S/C18H26ClN/c1-12(13-6-5-7-15(19)10-13)20-16-11-14-8-9-18(16,4)17(14,2)3/h5-7,10,12,14,16,20H,8-9,11H2,1-4H3/t12-,14?,16?,18?/m0/s1. The van der Waals surface area contributed by atoms with E-state index >= 15 is 0 Å². The average molecular weight is 292 g/mol. The van der Waals surface area contributed by atoms with Crippen LogP contribution in [0.5, 0.6) is 0 Å². The summed E-state index contributed by atoms with van der Waals surface area (Å²) in [6, 6.07) is 9.24. The van der Waals surface area contributed by atoms with E-state index in [0.29, 0.717) is 22.9 Å². The first kappa shape index (κ1) is 14.4. The van der Waals surface area contributed by atoms with Gasteiger partial charge in [-0.15, -0.1) is 0 Å². The number of nitrogens with one attached hydrogen (secondary N) is 1. The smallest absolute Gasteiger partial charge is 0.0409 e. The van der Waals surface area contributed by atoms with Crippen LogP contribution in [0.2, 0.25) is 5.02 Å². The maximum absolute atomic E-state index is 6.11. The second kappa shape index (κ2) is 4.74. The second-order valence-electron chi connectivity index (χ2n) is 7.61. The fourth-order valence-electron chi connectivity index (χ4n) is 4.63. The van der Waals surface area contributed by atoms with Crippen molar-refractivity contribution in [1.82, 2.24) is 5.32 Å². The van der Waals surface area contributed by atoms with Gasteiger partial charge < -0.3 is 5.32 Å². The minimum Gasteiger partial charge on any atom is -0.307 e. The summed E-state index contributed by atoms with van der Waals surface area (Å²) in [5.74, 6) is 0.886. The molecular weight excluding hydrogens is 266 g/mol. The highest BCUT2D eigenvalue weighted by Crippen LogP contribution is 2.65. The van der Waals surface area contributed by atoms with Gasteiger partial charge in [0.2, 0.25) is 0 Å². The Balaban J connectivity index is 1.76. The van der Waals surface area contributed by atoms with Crippen LogP contribution in [0.25, 0.3) is 0 Å². The predicted molar refractivity (Wildman–Crippen MR) is 86.0 cm³/mol. The molecule has 0 heterocycles. The van der Waals surface area contributed by atoms with Gasteiger partial charge in [0.25, 0.3) is 0 Å². The summed E-state index contributed by atoms with van der Waals surface area (Å²) in [5.41, 5.74) is 2.20. The summed E-state index contributed by atoms with van der Waals surface area (Å²) in [7, 11) is 0. The van der Waals surface area contributed by atoms with Gasteiger partial charge in [-0.05, 0) is 60.6 Å². The van der Waals surface area contributed by atoms with Crippen molar-refractivity contribution in [2.45, 2.75) is 59.0 Å². The molecule has 4 atom stereocenters. The van der Waals surface area contributed by atoms with E-state index in [9.17, 15) is 0 Å². The molecule has 0 amide bonds. The summed E-state index contributed by atoms with van der Waals surface area (Å²) in [5, 5.41) is 4.72. The van der Waals surface area contributed by atoms with Crippen LogP contribution < -0.4 is 5.32 Å². The van der Waals surface area contributed by atoms with Crippen molar-refractivity contribution < 1.29 is 0 Å². The Morgan fingerprint density at radius 3 is 2.60 bits per heavy atom. The fraction of sp³-hybridized carbons (Fsp3) is 0.667. The fourth-order valence-corrected chi connectivity index (χ4v) is 4.83. The van der Waals surface area contributed by atoms with Crippen LogP contribution in [0, 0.1) is 16.7 Å². The highest BCUT2D eigenvalue weighted by atomic mass is 35.5. The van der Waals surface area contributed by atoms with Crippen LogP contribution in [0.4, 0.5) is 0 Å². The largest absolute Gasteiger partial charge is 0.307 e. The number of hydrogen-bond donors (Lipinski definition) is 1. The third-order valence-corrected chi connectivity index (χ3v) is 6.83. The van der Waals surface area contributed by atoms with Gasteiger partial charge >= 0.3 is 0 Å². The van der Waals surface area contributed by atoms with Gasteiger partial charge in [0, 0.05) is 17.1 Å².